The van der Waals surface area contributed by atoms with Crippen LogP contribution < -0.4 is 5.32 Å². The van der Waals surface area contributed by atoms with Crippen LogP contribution in [0.25, 0.3) is 11.0 Å². The molecule has 1 N–H and O–H groups in total. The molecule has 0 unspecified atom stereocenters. The maximum Gasteiger partial charge on any atom is 0.247 e. The summed E-state index contributed by atoms with van der Waals surface area (Å²) in [5.41, 5.74) is 1.07. The zero-order chi connectivity index (χ0) is 15.7. The van der Waals surface area contributed by atoms with Gasteiger partial charge in [-0.3, -0.25) is 0 Å². The molecule has 0 spiro atoms. The zero-order valence-electron chi connectivity index (χ0n) is 11.4. The third-order valence-electron chi connectivity index (χ3n) is 2.77. The van der Waals surface area contributed by atoms with E-state index in [9.17, 15) is 12.8 Å². The predicted octanol–water partition coefficient (Wildman–Crippen LogP) is 1.71. The first-order valence-electron chi connectivity index (χ1n) is 6.14. The average molecular weight is 319 g/mol. The highest BCUT2D eigenvalue weighted by atomic mass is 32.2. The molecule has 22 heavy (non-hydrogen) atoms. The Bertz CT molecular complexity index is 962. The molecule has 0 amide bonds. The van der Waals surface area contributed by atoms with Gasteiger partial charge in [-0.25, -0.2) is 32.7 Å². The lowest BCUT2D eigenvalue weighted by atomic mass is 10.3. The molecule has 3 rings (SSSR count). The lowest BCUT2D eigenvalue weighted by molar-refractivity contribution is 0.593. The van der Waals surface area contributed by atoms with Crippen molar-refractivity contribution in [1.82, 2.24) is 19.9 Å². The maximum absolute atomic E-state index is 13.2. The Morgan fingerprint density at radius 2 is 2.00 bits per heavy atom. The molecule has 7 nitrogen and oxygen atoms in total. The molecule has 0 aliphatic rings. The Morgan fingerprint density at radius 1 is 1.18 bits per heavy atom. The third kappa shape index (κ3) is 2.84. The highest BCUT2D eigenvalue weighted by Crippen LogP contribution is 2.22. The number of hydrogen-bond donors (Lipinski definition) is 1. The summed E-state index contributed by atoms with van der Waals surface area (Å²) in [7, 11) is -3.56. The molecule has 3 aromatic rings. The van der Waals surface area contributed by atoms with E-state index in [-0.39, 0.29) is 16.5 Å². The standard InChI is InChI=1S/C13H10FN5O2S/c1-22(20,21)13-15-6-10-11(19-13)12(17-7-16-10)18-9-4-2-3-8(14)5-9/h2-7H,1H3,(H,16,17,18). The Labute approximate surface area is 125 Å². The van der Waals surface area contributed by atoms with Crippen molar-refractivity contribution in [2.24, 2.45) is 0 Å². The Morgan fingerprint density at radius 3 is 2.73 bits per heavy atom. The molecule has 1 aromatic carbocycles. The van der Waals surface area contributed by atoms with Gasteiger partial charge in [0.15, 0.2) is 5.82 Å². The first-order valence-corrected chi connectivity index (χ1v) is 8.03. The summed E-state index contributed by atoms with van der Waals surface area (Å²) in [5, 5.41) is 2.57. The summed E-state index contributed by atoms with van der Waals surface area (Å²) in [4.78, 5) is 15.8. The number of fused-ring (bicyclic) bond motifs is 1. The number of nitrogens with zero attached hydrogens (tertiary/aromatic N) is 4. The van der Waals surface area contributed by atoms with E-state index in [0.717, 1.165) is 6.26 Å². The monoisotopic (exact) mass is 319 g/mol. The summed E-state index contributed by atoms with van der Waals surface area (Å²) in [6.45, 7) is 0. The van der Waals surface area contributed by atoms with Gasteiger partial charge < -0.3 is 5.32 Å². The molecule has 2 heterocycles. The molecule has 0 aliphatic carbocycles. The van der Waals surface area contributed by atoms with Crippen LogP contribution in [0.3, 0.4) is 0 Å². The van der Waals surface area contributed by atoms with E-state index < -0.39 is 15.7 Å². The SMILES string of the molecule is CS(=O)(=O)c1ncc2ncnc(Nc3cccc(F)c3)c2n1. The quantitative estimate of drug-likeness (QED) is 0.734. The van der Waals surface area contributed by atoms with Crippen molar-refractivity contribution >= 4 is 32.4 Å². The van der Waals surface area contributed by atoms with Crippen LogP contribution >= 0.6 is 0 Å². The summed E-state index contributed by atoms with van der Waals surface area (Å²) in [5.74, 6) is -0.141. The topological polar surface area (TPSA) is 97.7 Å². The number of halogens is 1. The van der Waals surface area contributed by atoms with Crippen molar-refractivity contribution in [2.45, 2.75) is 5.16 Å². The Kier molecular flexibility index (Phi) is 3.41. The lowest BCUT2D eigenvalue weighted by Gasteiger charge is -2.08. The van der Waals surface area contributed by atoms with Crippen LogP contribution in [0.4, 0.5) is 15.9 Å². The van der Waals surface area contributed by atoms with Crippen molar-refractivity contribution in [1.29, 1.82) is 0 Å². The van der Waals surface area contributed by atoms with Crippen molar-refractivity contribution in [3.8, 4) is 0 Å². The van der Waals surface area contributed by atoms with E-state index in [1.54, 1.807) is 6.07 Å². The highest BCUT2D eigenvalue weighted by Gasteiger charge is 2.14. The second kappa shape index (κ2) is 5.26. The van der Waals surface area contributed by atoms with Crippen LogP contribution in [0.15, 0.2) is 41.9 Å². The minimum Gasteiger partial charge on any atom is -0.338 e. The Balaban J connectivity index is 2.13. The van der Waals surface area contributed by atoms with Crippen LogP contribution in [-0.2, 0) is 9.84 Å². The minimum absolute atomic E-state index is 0.238. The van der Waals surface area contributed by atoms with Gasteiger partial charge in [0.05, 0.1) is 6.20 Å². The van der Waals surface area contributed by atoms with Crippen molar-refractivity contribution < 1.29 is 12.8 Å². The van der Waals surface area contributed by atoms with Gasteiger partial charge >= 0.3 is 0 Å². The molecule has 0 saturated carbocycles. The number of sulfone groups is 1. The molecule has 0 aliphatic heterocycles. The molecule has 0 bridgehead atoms. The molecule has 0 radical (unpaired) electrons. The van der Waals surface area contributed by atoms with Gasteiger partial charge in [-0.1, -0.05) is 6.07 Å². The van der Waals surface area contributed by atoms with E-state index in [1.165, 1.54) is 30.7 Å². The fourth-order valence-corrected chi connectivity index (χ4v) is 2.31. The Hall–Kier alpha value is -2.68. The van der Waals surface area contributed by atoms with Gasteiger partial charge in [0.2, 0.25) is 15.0 Å². The molecular formula is C13H10FN5O2S. The molecule has 112 valence electrons. The number of benzene rings is 1. The fraction of sp³-hybridized carbons (Fsp3) is 0.0769. The molecule has 0 fully saturated rings. The van der Waals surface area contributed by atoms with Crippen LogP contribution in [-0.4, -0.2) is 34.6 Å². The van der Waals surface area contributed by atoms with Crippen LogP contribution in [0.5, 0.6) is 0 Å². The van der Waals surface area contributed by atoms with Gasteiger partial charge in [-0.15, -0.1) is 0 Å². The van der Waals surface area contributed by atoms with E-state index in [0.29, 0.717) is 11.2 Å². The highest BCUT2D eigenvalue weighted by molar-refractivity contribution is 7.90. The summed E-state index contributed by atoms with van der Waals surface area (Å²) in [6.07, 6.45) is 3.60. The number of nitrogens with one attached hydrogen (secondary N) is 1. The fourth-order valence-electron chi connectivity index (χ4n) is 1.81. The van der Waals surface area contributed by atoms with E-state index >= 15 is 0 Å². The summed E-state index contributed by atoms with van der Waals surface area (Å²) >= 11 is 0. The van der Waals surface area contributed by atoms with Crippen LogP contribution in [0.1, 0.15) is 0 Å². The van der Waals surface area contributed by atoms with Crippen LogP contribution in [0.2, 0.25) is 0 Å². The van der Waals surface area contributed by atoms with Gasteiger partial charge in [-0.05, 0) is 18.2 Å². The zero-order valence-corrected chi connectivity index (χ0v) is 12.2. The van der Waals surface area contributed by atoms with Crippen molar-refractivity contribution in [3.63, 3.8) is 0 Å². The largest absolute Gasteiger partial charge is 0.338 e. The second-order valence-electron chi connectivity index (χ2n) is 4.52. The van der Waals surface area contributed by atoms with Crippen molar-refractivity contribution in [2.75, 3.05) is 11.6 Å². The molecule has 0 saturated heterocycles. The van der Waals surface area contributed by atoms with Gasteiger partial charge in [0, 0.05) is 11.9 Å². The van der Waals surface area contributed by atoms with E-state index in [2.05, 4.69) is 25.3 Å². The third-order valence-corrected chi connectivity index (χ3v) is 3.63. The first-order chi connectivity index (χ1) is 10.4. The summed E-state index contributed by atoms with van der Waals surface area (Å²) in [6, 6.07) is 5.79. The maximum atomic E-state index is 13.2. The van der Waals surface area contributed by atoms with Gasteiger partial charge in [0.1, 0.15) is 23.2 Å². The number of rotatable bonds is 3. The number of hydrogen-bond acceptors (Lipinski definition) is 7. The van der Waals surface area contributed by atoms with Gasteiger partial charge in [-0.2, -0.15) is 0 Å². The average Bonchev–Trinajstić information content (AvgIpc) is 2.46. The van der Waals surface area contributed by atoms with E-state index in [4.69, 9.17) is 0 Å². The second-order valence-corrected chi connectivity index (χ2v) is 6.43. The lowest BCUT2D eigenvalue weighted by Crippen LogP contribution is -2.06. The molecular weight excluding hydrogens is 309 g/mol. The minimum atomic E-state index is -3.56. The van der Waals surface area contributed by atoms with Crippen molar-refractivity contribution in [3.05, 3.63) is 42.6 Å². The van der Waals surface area contributed by atoms with Gasteiger partial charge in [0.25, 0.3) is 0 Å². The number of aromatic nitrogens is 4. The summed E-state index contributed by atoms with van der Waals surface area (Å²) < 4.78 is 36.3. The molecule has 0 atom stereocenters. The van der Waals surface area contributed by atoms with E-state index in [1.807, 2.05) is 0 Å². The normalized spacial score (nSPS) is 11.5. The number of anilines is 2. The first kappa shape index (κ1) is 14.3. The molecule has 2 aromatic heterocycles. The predicted molar refractivity (Wildman–Crippen MR) is 77.9 cm³/mol. The van der Waals surface area contributed by atoms with Crippen LogP contribution in [0, 0.1) is 5.82 Å². The smallest absolute Gasteiger partial charge is 0.247 e. The molecule has 9 heteroatoms.